The van der Waals surface area contributed by atoms with E-state index in [0.717, 1.165) is 0 Å². The fourth-order valence-electron chi connectivity index (χ4n) is 2.26. The van der Waals surface area contributed by atoms with Crippen molar-refractivity contribution in [2.24, 2.45) is 11.7 Å². The van der Waals surface area contributed by atoms with Crippen molar-refractivity contribution in [2.45, 2.75) is 12.8 Å². The van der Waals surface area contributed by atoms with E-state index in [1.54, 1.807) is 4.90 Å². The molecule has 1 fully saturated rings. The van der Waals surface area contributed by atoms with Crippen LogP contribution < -0.4 is 11.5 Å². The summed E-state index contributed by atoms with van der Waals surface area (Å²) in [7, 11) is 0. The van der Waals surface area contributed by atoms with Crippen molar-refractivity contribution in [1.82, 2.24) is 4.90 Å². The first-order chi connectivity index (χ1) is 9.40. The normalized spacial score (nSPS) is 16.2. The van der Waals surface area contributed by atoms with Gasteiger partial charge in [0.2, 0.25) is 5.91 Å². The summed E-state index contributed by atoms with van der Waals surface area (Å²) in [6.45, 7) is 0.984. The van der Waals surface area contributed by atoms with Gasteiger partial charge >= 0.3 is 0 Å². The molecule has 5 nitrogen and oxygen atoms in total. The van der Waals surface area contributed by atoms with Crippen molar-refractivity contribution in [3.05, 3.63) is 27.7 Å². The van der Waals surface area contributed by atoms with E-state index in [9.17, 15) is 9.59 Å². The van der Waals surface area contributed by atoms with Gasteiger partial charge in [-0.3, -0.25) is 9.59 Å². The number of carbonyl (C=O) groups excluding carboxylic acids is 2. The number of carbonyl (C=O) groups is 2. The molecule has 0 radical (unpaired) electrons. The van der Waals surface area contributed by atoms with E-state index in [4.69, 9.17) is 34.7 Å². The zero-order valence-corrected chi connectivity index (χ0v) is 12.2. The number of anilines is 1. The highest BCUT2D eigenvalue weighted by Crippen LogP contribution is 2.30. The molecule has 2 rings (SSSR count). The molecule has 1 aromatic carbocycles. The summed E-state index contributed by atoms with van der Waals surface area (Å²) in [5, 5.41) is 0.515. The van der Waals surface area contributed by atoms with Gasteiger partial charge in [0.05, 0.1) is 15.7 Å². The number of piperidine rings is 1. The Morgan fingerprint density at radius 2 is 1.65 bits per heavy atom. The molecule has 108 valence electrons. The number of amides is 2. The third kappa shape index (κ3) is 2.99. The number of likely N-dealkylation sites (tertiary alicyclic amines) is 1. The van der Waals surface area contributed by atoms with Gasteiger partial charge in [0, 0.05) is 24.6 Å². The number of rotatable bonds is 2. The van der Waals surface area contributed by atoms with Crippen molar-refractivity contribution in [3.63, 3.8) is 0 Å². The van der Waals surface area contributed by atoms with E-state index in [-0.39, 0.29) is 33.5 Å². The Morgan fingerprint density at radius 1 is 1.15 bits per heavy atom. The third-order valence-electron chi connectivity index (χ3n) is 3.51. The zero-order valence-electron chi connectivity index (χ0n) is 10.7. The first-order valence-electron chi connectivity index (χ1n) is 6.23. The molecule has 0 unspecified atom stereocenters. The number of benzene rings is 1. The molecule has 0 bridgehead atoms. The summed E-state index contributed by atoms with van der Waals surface area (Å²) >= 11 is 11.9. The van der Waals surface area contributed by atoms with Crippen LogP contribution in [-0.4, -0.2) is 29.8 Å². The summed E-state index contributed by atoms with van der Waals surface area (Å²) in [5.41, 5.74) is 11.6. The minimum atomic E-state index is -0.310. The topological polar surface area (TPSA) is 89.4 Å². The van der Waals surface area contributed by atoms with E-state index >= 15 is 0 Å². The molecule has 4 N–H and O–H groups in total. The molecule has 2 amide bonds. The van der Waals surface area contributed by atoms with Crippen LogP contribution in [0, 0.1) is 5.92 Å². The average Bonchev–Trinajstić information content (AvgIpc) is 2.43. The molecule has 0 aliphatic carbocycles. The van der Waals surface area contributed by atoms with Crippen LogP contribution in [0.3, 0.4) is 0 Å². The summed E-state index contributed by atoms with van der Waals surface area (Å²) < 4.78 is 0. The lowest BCUT2D eigenvalue weighted by Gasteiger charge is -2.30. The summed E-state index contributed by atoms with van der Waals surface area (Å²) in [5.74, 6) is -0.634. The Kier molecular flexibility index (Phi) is 4.40. The number of nitrogens with zero attached hydrogens (tertiary/aromatic N) is 1. The Hall–Kier alpha value is -1.46. The zero-order chi connectivity index (χ0) is 14.9. The van der Waals surface area contributed by atoms with Crippen LogP contribution in [0.4, 0.5) is 5.69 Å². The maximum absolute atomic E-state index is 12.3. The van der Waals surface area contributed by atoms with Gasteiger partial charge in [0.25, 0.3) is 5.91 Å². The first-order valence-corrected chi connectivity index (χ1v) is 6.99. The molecule has 0 spiro atoms. The summed E-state index contributed by atoms with van der Waals surface area (Å²) in [4.78, 5) is 25.1. The molecule has 1 aromatic rings. The molecule has 7 heteroatoms. The lowest BCUT2D eigenvalue weighted by molar-refractivity contribution is -0.123. The van der Waals surface area contributed by atoms with Crippen molar-refractivity contribution < 1.29 is 9.59 Å². The Labute approximate surface area is 126 Å². The predicted octanol–water partition coefficient (Wildman–Crippen LogP) is 1.91. The SMILES string of the molecule is NC(=O)C1CCN(C(=O)c2cc(Cl)c(N)c(Cl)c2)CC1. The second kappa shape index (κ2) is 5.89. The van der Waals surface area contributed by atoms with Gasteiger partial charge in [-0.15, -0.1) is 0 Å². The standard InChI is InChI=1S/C13H15Cl2N3O2/c14-9-5-8(6-10(15)11(9)16)13(20)18-3-1-7(2-4-18)12(17)19/h5-7H,1-4,16H2,(H2,17,19). The number of primary amides is 1. The second-order valence-corrected chi connectivity index (χ2v) is 5.64. The first kappa shape index (κ1) is 14.9. The van der Waals surface area contributed by atoms with Crippen molar-refractivity contribution in [2.75, 3.05) is 18.8 Å². The van der Waals surface area contributed by atoms with E-state index in [2.05, 4.69) is 0 Å². The van der Waals surface area contributed by atoms with Gasteiger partial charge in [0.1, 0.15) is 0 Å². The quantitative estimate of drug-likeness (QED) is 0.817. The lowest BCUT2D eigenvalue weighted by Crippen LogP contribution is -2.41. The molecular weight excluding hydrogens is 301 g/mol. The van der Waals surface area contributed by atoms with Crippen LogP contribution in [0.5, 0.6) is 0 Å². The third-order valence-corrected chi connectivity index (χ3v) is 4.14. The Morgan fingerprint density at radius 3 is 2.10 bits per heavy atom. The highest BCUT2D eigenvalue weighted by atomic mass is 35.5. The van der Waals surface area contributed by atoms with Crippen LogP contribution >= 0.6 is 23.2 Å². The number of nitrogens with two attached hydrogens (primary N) is 2. The fraction of sp³-hybridized carbons (Fsp3) is 0.385. The van der Waals surface area contributed by atoms with Crippen molar-refractivity contribution in [1.29, 1.82) is 0 Å². The molecule has 0 aromatic heterocycles. The monoisotopic (exact) mass is 315 g/mol. The maximum Gasteiger partial charge on any atom is 0.253 e. The van der Waals surface area contributed by atoms with Gasteiger partial charge in [-0.05, 0) is 25.0 Å². The number of halogens is 2. The number of hydrogen-bond acceptors (Lipinski definition) is 3. The van der Waals surface area contributed by atoms with Crippen LogP contribution in [0.2, 0.25) is 10.0 Å². The van der Waals surface area contributed by atoms with Crippen LogP contribution in [0.1, 0.15) is 23.2 Å². The molecular formula is C13H15Cl2N3O2. The summed E-state index contributed by atoms with van der Waals surface area (Å²) in [6, 6.07) is 3.01. The smallest absolute Gasteiger partial charge is 0.253 e. The Balaban J connectivity index is 2.11. The van der Waals surface area contributed by atoms with E-state index < -0.39 is 0 Å². The molecule has 1 aliphatic heterocycles. The number of nitrogen functional groups attached to an aromatic ring is 1. The summed E-state index contributed by atoms with van der Waals surface area (Å²) in [6.07, 6.45) is 1.16. The van der Waals surface area contributed by atoms with Gasteiger partial charge in [-0.2, -0.15) is 0 Å². The van der Waals surface area contributed by atoms with Crippen LogP contribution in [0.25, 0.3) is 0 Å². The number of hydrogen-bond donors (Lipinski definition) is 2. The maximum atomic E-state index is 12.3. The molecule has 1 saturated heterocycles. The molecule has 1 aliphatic rings. The van der Waals surface area contributed by atoms with Crippen molar-refractivity contribution in [3.8, 4) is 0 Å². The van der Waals surface area contributed by atoms with Gasteiger partial charge in [-0.1, -0.05) is 23.2 Å². The highest BCUT2D eigenvalue weighted by Gasteiger charge is 2.26. The second-order valence-electron chi connectivity index (χ2n) is 4.82. The van der Waals surface area contributed by atoms with E-state index in [1.807, 2.05) is 0 Å². The fourth-order valence-corrected chi connectivity index (χ4v) is 2.74. The minimum absolute atomic E-state index is 0.155. The van der Waals surface area contributed by atoms with Gasteiger partial charge in [0.15, 0.2) is 0 Å². The predicted molar refractivity (Wildman–Crippen MR) is 78.7 cm³/mol. The molecule has 1 heterocycles. The van der Waals surface area contributed by atoms with Crippen LogP contribution in [0.15, 0.2) is 12.1 Å². The van der Waals surface area contributed by atoms with E-state index in [1.165, 1.54) is 12.1 Å². The van der Waals surface area contributed by atoms with E-state index in [0.29, 0.717) is 31.5 Å². The molecule has 0 atom stereocenters. The molecule has 0 saturated carbocycles. The minimum Gasteiger partial charge on any atom is -0.396 e. The van der Waals surface area contributed by atoms with Gasteiger partial charge in [-0.25, -0.2) is 0 Å². The highest BCUT2D eigenvalue weighted by molar-refractivity contribution is 6.39. The molecule has 20 heavy (non-hydrogen) atoms. The van der Waals surface area contributed by atoms with Crippen molar-refractivity contribution >= 4 is 40.7 Å². The largest absolute Gasteiger partial charge is 0.396 e. The van der Waals surface area contributed by atoms with Crippen LogP contribution in [-0.2, 0) is 4.79 Å². The lowest BCUT2D eigenvalue weighted by atomic mass is 9.96. The Bertz CT molecular complexity index is 532. The van der Waals surface area contributed by atoms with Gasteiger partial charge < -0.3 is 16.4 Å². The average molecular weight is 316 g/mol.